The standard InChI is InChI=1S/C26H32N2O3/c29-22(18-20-8-3-1-4-9-20)14-16-27-24-12-7-13-25(31)26(24)28-17-15-23(30)19-21-10-5-2-6-11-21/h1-13,22-23,27-31H,14-19H2. The molecule has 0 aliphatic rings. The van der Waals surface area contributed by atoms with Crippen LogP contribution in [0, 0.1) is 0 Å². The maximum absolute atomic E-state index is 10.3. The number of phenolic OH excluding ortho intramolecular Hbond substituents is 1. The third-order valence-corrected chi connectivity index (χ3v) is 5.24. The minimum Gasteiger partial charge on any atom is -0.506 e. The van der Waals surface area contributed by atoms with E-state index in [9.17, 15) is 15.3 Å². The maximum Gasteiger partial charge on any atom is 0.140 e. The lowest BCUT2D eigenvalue weighted by molar-refractivity contribution is 0.168. The smallest absolute Gasteiger partial charge is 0.140 e. The highest BCUT2D eigenvalue weighted by atomic mass is 16.3. The summed E-state index contributed by atoms with van der Waals surface area (Å²) in [6.45, 7) is 1.12. The average molecular weight is 421 g/mol. The van der Waals surface area contributed by atoms with E-state index in [-0.39, 0.29) is 5.75 Å². The van der Waals surface area contributed by atoms with Crippen LogP contribution in [0.5, 0.6) is 5.75 Å². The largest absolute Gasteiger partial charge is 0.506 e. The van der Waals surface area contributed by atoms with Gasteiger partial charge in [0.25, 0.3) is 0 Å². The van der Waals surface area contributed by atoms with Gasteiger partial charge in [0.15, 0.2) is 0 Å². The Hall–Kier alpha value is -3.02. The van der Waals surface area contributed by atoms with Crippen molar-refractivity contribution < 1.29 is 15.3 Å². The molecular formula is C26H32N2O3. The third-order valence-electron chi connectivity index (χ3n) is 5.24. The van der Waals surface area contributed by atoms with Crippen molar-refractivity contribution in [2.75, 3.05) is 23.7 Å². The number of para-hydroxylation sites is 1. The summed E-state index contributed by atoms with van der Waals surface area (Å²) in [5.74, 6) is 0.160. The maximum atomic E-state index is 10.3. The normalized spacial score (nSPS) is 12.8. The SMILES string of the molecule is Oc1cccc(NCCC(O)Cc2ccccc2)c1NCCC(O)Cc1ccccc1. The Bertz CT molecular complexity index is 903. The molecule has 3 rings (SSSR count). The van der Waals surface area contributed by atoms with Crippen molar-refractivity contribution in [3.8, 4) is 5.75 Å². The molecule has 5 N–H and O–H groups in total. The summed E-state index contributed by atoms with van der Waals surface area (Å²) in [4.78, 5) is 0. The van der Waals surface area contributed by atoms with E-state index in [1.54, 1.807) is 12.1 Å². The van der Waals surface area contributed by atoms with Gasteiger partial charge in [-0.3, -0.25) is 0 Å². The van der Waals surface area contributed by atoms with Gasteiger partial charge in [-0.1, -0.05) is 66.7 Å². The Morgan fingerprint density at radius 2 is 1.13 bits per heavy atom. The summed E-state index contributed by atoms with van der Waals surface area (Å²) in [7, 11) is 0. The molecule has 164 valence electrons. The van der Waals surface area contributed by atoms with Gasteiger partial charge >= 0.3 is 0 Å². The van der Waals surface area contributed by atoms with E-state index in [1.807, 2.05) is 66.7 Å². The van der Waals surface area contributed by atoms with Crippen LogP contribution in [0.1, 0.15) is 24.0 Å². The number of aliphatic hydroxyl groups excluding tert-OH is 2. The van der Waals surface area contributed by atoms with Crippen LogP contribution in [0.3, 0.4) is 0 Å². The molecule has 0 saturated heterocycles. The summed E-state index contributed by atoms with van der Waals surface area (Å²) in [6, 6.07) is 25.2. The molecule has 3 aromatic carbocycles. The Kier molecular flexibility index (Phi) is 8.76. The monoisotopic (exact) mass is 420 g/mol. The molecule has 31 heavy (non-hydrogen) atoms. The zero-order valence-electron chi connectivity index (χ0n) is 17.7. The molecule has 5 nitrogen and oxygen atoms in total. The van der Waals surface area contributed by atoms with Gasteiger partial charge in [-0.2, -0.15) is 0 Å². The second-order valence-electron chi connectivity index (χ2n) is 7.82. The lowest BCUT2D eigenvalue weighted by atomic mass is 10.1. The Balaban J connectivity index is 1.45. The molecule has 0 spiro atoms. The highest BCUT2D eigenvalue weighted by molar-refractivity contribution is 5.75. The van der Waals surface area contributed by atoms with Crippen molar-refractivity contribution in [3.63, 3.8) is 0 Å². The number of anilines is 2. The molecule has 0 aliphatic heterocycles. The third kappa shape index (κ3) is 7.63. The van der Waals surface area contributed by atoms with Crippen LogP contribution in [-0.4, -0.2) is 40.6 Å². The average Bonchev–Trinajstić information content (AvgIpc) is 2.77. The van der Waals surface area contributed by atoms with Crippen LogP contribution in [0.25, 0.3) is 0 Å². The molecule has 0 bridgehead atoms. The molecule has 0 radical (unpaired) electrons. The van der Waals surface area contributed by atoms with Gasteiger partial charge < -0.3 is 26.0 Å². The van der Waals surface area contributed by atoms with E-state index in [1.165, 1.54) is 0 Å². The molecule has 0 fully saturated rings. The Morgan fingerprint density at radius 1 is 0.613 bits per heavy atom. The van der Waals surface area contributed by atoms with Crippen molar-refractivity contribution in [1.82, 2.24) is 0 Å². The fourth-order valence-corrected chi connectivity index (χ4v) is 3.59. The zero-order chi connectivity index (χ0) is 21.9. The lowest BCUT2D eigenvalue weighted by Gasteiger charge is -2.18. The minimum atomic E-state index is -0.453. The van der Waals surface area contributed by atoms with E-state index < -0.39 is 12.2 Å². The summed E-state index contributed by atoms with van der Waals surface area (Å²) >= 11 is 0. The van der Waals surface area contributed by atoms with E-state index in [4.69, 9.17) is 0 Å². The van der Waals surface area contributed by atoms with Crippen molar-refractivity contribution in [2.45, 2.75) is 37.9 Å². The van der Waals surface area contributed by atoms with Crippen molar-refractivity contribution >= 4 is 11.4 Å². The molecule has 2 atom stereocenters. The molecule has 2 unspecified atom stereocenters. The first kappa shape index (κ1) is 22.7. The first-order valence-electron chi connectivity index (χ1n) is 10.9. The van der Waals surface area contributed by atoms with Gasteiger partial charge in [0.2, 0.25) is 0 Å². The summed E-state index contributed by atoms with van der Waals surface area (Å²) in [5.41, 5.74) is 3.62. The fourth-order valence-electron chi connectivity index (χ4n) is 3.59. The van der Waals surface area contributed by atoms with Crippen LogP contribution < -0.4 is 10.6 Å². The molecule has 3 aromatic rings. The van der Waals surface area contributed by atoms with Gasteiger partial charge in [0.1, 0.15) is 11.4 Å². The summed E-state index contributed by atoms with van der Waals surface area (Å²) < 4.78 is 0. The van der Waals surface area contributed by atoms with Crippen LogP contribution in [0.15, 0.2) is 78.9 Å². The Morgan fingerprint density at radius 3 is 1.68 bits per heavy atom. The molecular weight excluding hydrogens is 388 g/mol. The van der Waals surface area contributed by atoms with Crippen molar-refractivity contribution in [2.24, 2.45) is 0 Å². The van der Waals surface area contributed by atoms with Crippen LogP contribution in [0.4, 0.5) is 11.4 Å². The van der Waals surface area contributed by atoms with E-state index in [2.05, 4.69) is 10.6 Å². The number of benzene rings is 3. The number of aliphatic hydroxyl groups is 2. The van der Waals surface area contributed by atoms with Gasteiger partial charge in [-0.25, -0.2) is 0 Å². The molecule has 0 heterocycles. The van der Waals surface area contributed by atoms with Crippen LogP contribution in [-0.2, 0) is 12.8 Å². The highest BCUT2D eigenvalue weighted by Crippen LogP contribution is 2.31. The predicted molar refractivity (Wildman–Crippen MR) is 127 cm³/mol. The number of nitrogens with one attached hydrogen (secondary N) is 2. The topological polar surface area (TPSA) is 84.8 Å². The quantitative estimate of drug-likeness (QED) is 0.284. The molecule has 0 aromatic heterocycles. The molecule has 0 aliphatic carbocycles. The number of rotatable bonds is 12. The summed E-state index contributed by atoms with van der Waals surface area (Å²) in [6.07, 6.45) is 1.50. The van der Waals surface area contributed by atoms with Gasteiger partial charge in [0.05, 0.1) is 17.9 Å². The summed E-state index contributed by atoms with van der Waals surface area (Å²) in [5, 5.41) is 37.4. The molecule has 5 heteroatoms. The van der Waals surface area contributed by atoms with Gasteiger partial charge in [-0.05, 0) is 48.9 Å². The van der Waals surface area contributed by atoms with Crippen molar-refractivity contribution in [1.29, 1.82) is 0 Å². The number of hydrogen-bond acceptors (Lipinski definition) is 5. The van der Waals surface area contributed by atoms with Gasteiger partial charge in [0, 0.05) is 13.1 Å². The lowest BCUT2D eigenvalue weighted by Crippen LogP contribution is -2.18. The highest BCUT2D eigenvalue weighted by Gasteiger charge is 2.11. The van der Waals surface area contributed by atoms with E-state index in [0.29, 0.717) is 44.5 Å². The fraction of sp³-hybridized carbons (Fsp3) is 0.308. The zero-order valence-corrected chi connectivity index (χ0v) is 17.7. The number of hydrogen-bond donors (Lipinski definition) is 5. The van der Waals surface area contributed by atoms with Crippen LogP contribution in [0.2, 0.25) is 0 Å². The first-order chi connectivity index (χ1) is 15.1. The second-order valence-corrected chi connectivity index (χ2v) is 7.82. The number of aromatic hydroxyl groups is 1. The first-order valence-corrected chi connectivity index (χ1v) is 10.9. The van der Waals surface area contributed by atoms with Crippen LogP contribution >= 0.6 is 0 Å². The molecule has 0 saturated carbocycles. The second kappa shape index (κ2) is 12.0. The van der Waals surface area contributed by atoms with E-state index >= 15 is 0 Å². The number of phenols is 1. The minimum absolute atomic E-state index is 0.160. The molecule has 0 amide bonds. The van der Waals surface area contributed by atoms with E-state index in [0.717, 1.165) is 16.8 Å². The Labute approximate surface area is 184 Å². The van der Waals surface area contributed by atoms with Gasteiger partial charge in [-0.15, -0.1) is 0 Å². The predicted octanol–water partition coefficient (Wildman–Crippen LogP) is 4.20. The van der Waals surface area contributed by atoms with Crippen molar-refractivity contribution in [3.05, 3.63) is 90.0 Å².